The molecular weight excluding hydrogens is 416 g/mol. The van der Waals surface area contributed by atoms with Crippen LogP contribution in [0, 0.1) is 0 Å². The number of ether oxygens (including phenoxy) is 2. The lowest BCUT2D eigenvalue weighted by atomic mass is 10.1. The first-order valence-corrected chi connectivity index (χ1v) is 10.9. The molecule has 0 saturated carbocycles. The van der Waals surface area contributed by atoms with Crippen LogP contribution in [0.4, 0.5) is 0 Å². The average Bonchev–Trinajstić information content (AvgIpc) is 2.84. The van der Waals surface area contributed by atoms with Gasteiger partial charge in [0, 0.05) is 37.4 Å². The molecule has 33 heavy (non-hydrogen) atoms. The lowest BCUT2D eigenvalue weighted by molar-refractivity contribution is -0.145. The molecule has 4 rings (SSSR count). The number of pyridine rings is 3. The number of nitrogens with zero attached hydrogens (tertiary/aromatic N) is 4. The minimum absolute atomic E-state index is 0.148. The third-order valence-electron chi connectivity index (χ3n) is 5.00. The number of carbonyl (C=O) groups excluding carboxylic acids is 1. The molecule has 0 aliphatic heterocycles. The second kappa shape index (κ2) is 11.2. The van der Waals surface area contributed by atoms with E-state index in [0.29, 0.717) is 32.0 Å². The summed E-state index contributed by atoms with van der Waals surface area (Å²) in [6.45, 7) is 3.88. The summed E-state index contributed by atoms with van der Waals surface area (Å²) in [5, 5.41) is 0.945. The second-order valence-electron chi connectivity index (χ2n) is 7.51. The van der Waals surface area contributed by atoms with Gasteiger partial charge in [0.2, 0.25) is 0 Å². The van der Waals surface area contributed by atoms with Crippen molar-refractivity contribution in [3.63, 3.8) is 0 Å². The van der Waals surface area contributed by atoms with Gasteiger partial charge in [-0.3, -0.25) is 14.9 Å². The molecule has 1 aromatic carbocycles. The zero-order chi connectivity index (χ0) is 22.9. The minimum atomic E-state index is -0.400. The van der Waals surface area contributed by atoms with E-state index >= 15 is 0 Å². The van der Waals surface area contributed by atoms with Crippen molar-refractivity contribution in [3.05, 3.63) is 96.2 Å². The van der Waals surface area contributed by atoms with Crippen molar-refractivity contribution in [1.82, 2.24) is 19.9 Å². The third-order valence-corrected chi connectivity index (χ3v) is 5.00. The van der Waals surface area contributed by atoms with Crippen LogP contribution in [0.2, 0.25) is 0 Å². The Balaban J connectivity index is 1.56. The molecule has 0 atom stereocenters. The molecule has 0 aliphatic rings. The van der Waals surface area contributed by atoms with Crippen LogP contribution in [0.3, 0.4) is 0 Å². The van der Waals surface area contributed by atoms with Gasteiger partial charge in [-0.25, -0.2) is 9.78 Å². The molecule has 0 N–H and O–H groups in total. The highest BCUT2D eigenvalue weighted by molar-refractivity contribution is 5.85. The minimum Gasteiger partial charge on any atom is -0.480 e. The maximum atomic E-state index is 11.7. The lowest BCUT2D eigenvalue weighted by Gasteiger charge is -2.21. The monoisotopic (exact) mass is 442 g/mol. The summed E-state index contributed by atoms with van der Waals surface area (Å²) in [7, 11) is 0. The molecule has 0 spiro atoms. The lowest BCUT2D eigenvalue weighted by Crippen LogP contribution is -2.24. The van der Waals surface area contributed by atoms with E-state index in [1.165, 1.54) is 0 Å². The molecule has 0 unspecified atom stereocenters. The van der Waals surface area contributed by atoms with Crippen LogP contribution in [0.15, 0.2) is 79.1 Å². The van der Waals surface area contributed by atoms with E-state index in [0.717, 1.165) is 28.0 Å². The SMILES string of the molecule is CCOC(=O)COc1cccc2ccc(CN(Cc3ccccn3)Cc3ccccn3)nc12. The molecule has 7 nitrogen and oxygen atoms in total. The predicted octanol–water partition coefficient (Wildman–Crippen LogP) is 4.17. The summed E-state index contributed by atoms with van der Waals surface area (Å²) in [5.41, 5.74) is 3.57. The van der Waals surface area contributed by atoms with Crippen LogP contribution < -0.4 is 4.74 Å². The first-order valence-electron chi connectivity index (χ1n) is 10.9. The summed E-state index contributed by atoms with van der Waals surface area (Å²) in [6.07, 6.45) is 3.60. The van der Waals surface area contributed by atoms with Gasteiger partial charge in [-0.1, -0.05) is 30.3 Å². The predicted molar refractivity (Wildman–Crippen MR) is 125 cm³/mol. The van der Waals surface area contributed by atoms with Gasteiger partial charge in [0.25, 0.3) is 0 Å². The number of para-hydroxylation sites is 1. The van der Waals surface area contributed by atoms with E-state index in [2.05, 4.69) is 14.9 Å². The molecule has 7 heteroatoms. The van der Waals surface area contributed by atoms with E-state index < -0.39 is 5.97 Å². The summed E-state index contributed by atoms with van der Waals surface area (Å²) < 4.78 is 10.7. The Bertz CT molecular complexity index is 1140. The number of rotatable bonds is 10. The van der Waals surface area contributed by atoms with Crippen LogP contribution in [0.5, 0.6) is 5.75 Å². The standard InChI is InChI=1S/C26H26N4O3/c1-2-32-25(31)19-33-24-11-7-8-20-12-13-23(29-26(20)24)18-30(16-21-9-3-5-14-27-21)17-22-10-4-6-15-28-22/h3-15H,2,16-19H2,1H3. The quantitative estimate of drug-likeness (QED) is 0.341. The van der Waals surface area contributed by atoms with Crippen molar-refractivity contribution in [3.8, 4) is 5.75 Å². The highest BCUT2D eigenvalue weighted by Crippen LogP contribution is 2.25. The Morgan fingerprint density at radius 2 is 1.52 bits per heavy atom. The first kappa shape index (κ1) is 22.4. The summed E-state index contributed by atoms with van der Waals surface area (Å²) in [5.74, 6) is 0.158. The fourth-order valence-electron chi connectivity index (χ4n) is 3.54. The molecule has 0 saturated heterocycles. The zero-order valence-corrected chi connectivity index (χ0v) is 18.6. The van der Waals surface area contributed by atoms with Crippen molar-refractivity contribution in [2.45, 2.75) is 26.6 Å². The largest absolute Gasteiger partial charge is 0.480 e. The third kappa shape index (κ3) is 6.33. The summed E-state index contributed by atoms with van der Waals surface area (Å²) in [6, 6.07) is 21.5. The first-order chi connectivity index (χ1) is 16.2. The number of aromatic nitrogens is 3. The number of esters is 1. The Hall–Kier alpha value is -3.84. The molecular formula is C26H26N4O3. The molecule has 0 fully saturated rings. The smallest absolute Gasteiger partial charge is 0.344 e. The molecule has 0 aliphatic carbocycles. The fourth-order valence-corrected chi connectivity index (χ4v) is 3.54. The van der Waals surface area contributed by atoms with Crippen molar-refractivity contribution >= 4 is 16.9 Å². The van der Waals surface area contributed by atoms with Gasteiger partial charge in [0.05, 0.1) is 23.7 Å². The highest BCUT2D eigenvalue weighted by Gasteiger charge is 2.13. The van der Waals surface area contributed by atoms with Gasteiger partial charge in [-0.15, -0.1) is 0 Å². The Labute approximate surface area is 193 Å². The maximum Gasteiger partial charge on any atom is 0.344 e. The van der Waals surface area contributed by atoms with Gasteiger partial charge in [-0.2, -0.15) is 0 Å². The van der Waals surface area contributed by atoms with E-state index in [-0.39, 0.29) is 6.61 Å². The van der Waals surface area contributed by atoms with Crippen molar-refractivity contribution < 1.29 is 14.3 Å². The van der Waals surface area contributed by atoms with Crippen LogP contribution in [-0.4, -0.2) is 39.0 Å². The number of hydrogen-bond donors (Lipinski definition) is 0. The number of fused-ring (bicyclic) bond motifs is 1. The molecule has 168 valence electrons. The second-order valence-corrected chi connectivity index (χ2v) is 7.51. The van der Waals surface area contributed by atoms with E-state index in [1.807, 2.05) is 66.7 Å². The van der Waals surface area contributed by atoms with Gasteiger partial charge in [0.15, 0.2) is 6.61 Å². The van der Waals surface area contributed by atoms with E-state index in [9.17, 15) is 4.79 Å². The van der Waals surface area contributed by atoms with Crippen molar-refractivity contribution in [2.75, 3.05) is 13.2 Å². The Kier molecular flexibility index (Phi) is 7.56. The highest BCUT2D eigenvalue weighted by atomic mass is 16.6. The Morgan fingerprint density at radius 3 is 2.15 bits per heavy atom. The molecule has 0 radical (unpaired) electrons. The van der Waals surface area contributed by atoms with Crippen molar-refractivity contribution in [2.24, 2.45) is 0 Å². The normalized spacial score (nSPS) is 11.0. The van der Waals surface area contributed by atoms with E-state index in [4.69, 9.17) is 14.5 Å². The molecule has 4 aromatic rings. The average molecular weight is 443 g/mol. The summed E-state index contributed by atoms with van der Waals surface area (Å²) in [4.78, 5) is 27.8. The zero-order valence-electron chi connectivity index (χ0n) is 18.6. The molecule has 3 heterocycles. The van der Waals surface area contributed by atoms with Gasteiger partial charge < -0.3 is 9.47 Å². The van der Waals surface area contributed by atoms with Crippen LogP contribution in [0.25, 0.3) is 10.9 Å². The van der Waals surface area contributed by atoms with Gasteiger partial charge >= 0.3 is 5.97 Å². The summed E-state index contributed by atoms with van der Waals surface area (Å²) >= 11 is 0. The number of carbonyl (C=O) groups is 1. The number of hydrogen-bond acceptors (Lipinski definition) is 7. The van der Waals surface area contributed by atoms with E-state index in [1.54, 1.807) is 19.3 Å². The van der Waals surface area contributed by atoms with Gasteiger partial charge in [-0.05, 0) is 43.3 Å². The molecule has 3 aromatic heterocycles. The number of benzene rings is 1. The van der Waals surface area contributed by atoms with Crippen LogP contribution >= 0.6 is 0 Å². The Morgan fingerprint density at radius 1 is 0.818 bits per heavy atom. The molecule has 0 bridgehead atoms. The van der Waals surface area contributed by atoms with Crippen LogP contribution in [-0.2, 0) is 29.2 Å². The van der Waals surface area contributed by atoms with Gasteiger partial charge in [0.1, 0.15) is 11.3 Å². The topological polar surface area (TPSA) is 77.4 Å². The molecule has 0 amide bonds. The van der Waals surface area contributed by atoms with Crippen molar-refractivity contribution in [1.29, 1.82) is 0 Å². The maximum absolute atomic E-state index is 11.7. The van der Waals surface area contributed by atoms with Crippen LogP contribution in [0.1, 0.15) is 24.0 Å². The fraction of sp³-hybridized carbons (Fsp3) is 0.231.